The first-order valence-electron chi connectivity index (χ1n) is 10.3. The number of nitrogens with one attached hydrogen (secondary N) is 1. The molecule has 0 aliphatic carbocycles. The van der Waals surface area contributed by atoms with Gasteiger partial charge in [0, 0.05) is 12.2 Å². The predicted octanol–water partition coefficient (Wildman–Crippen LogP) is 4.12. The van der Waals surface area contributed by atoms with Gasteiger partial charge in [-0.05, 0) is 42.4 Å². The van der Waals surface area contributed by atoms with Crippen LogP contribution in [-0.2, 0) is 27.4 Å². The van der Waals surface area contributed by atoms with E-state index in [0.717, 1.165) is 43.3 Å². The van der Waals surface area contributed by atoms with Gasteiger partial charge in [-0.1, -0.05) is 62.4 Å². The number of amides is 2. The highest BCUT2D eigenvalue weighted by molar-refractivity contribution is 5.77. The van der Waals surface area contributed by atoms with Crippen LogP contribution in [-0.4, -0.2) is 31.4 Å². The van der Waals surface area contributed by atoms with Gasteiger partial charge in [-0.25, -0.2) is 4.79 Å². The maximum Gasteiger partial charge on any atom is 0.408 e. The summed E-state index contributed by atoms with van der Waals surface area (Å²) in [7, 11) is 0. The molecule has 1 atom stereocenters. The lowest BCUT2D eigenvalue weighted by Gasteiger charge is -2.25. The van der Waals surface area contributed by atoms with Gasteiger partial charge < -0.3 is 19.7 Å². The Morgan fingerprint density at radius 3 is 2.47 bits per heavy atom. The van der Waals surface area contributed by atoms with E-state index in [1.807, 2.05) is 62.4 Å². The van der Waals surface area contributed by atoms with Crippen molar-refractivity contribution < 1.29 is 19.1 Å². The molecular formula is C24H30N2O4. The zero-order valence-corrected chi connectivity index (χ0v) is 17.6. The second kappa shape index (κ2) is 12.4. The molecule has 2 amide bonds. The predicted molar refractivity (Wildman–Crippen MR) is 117 cm³/mol. The van der Waals surface area contributed by atoms with Crippen LogP contribution in [0.4, 0.5) is 10.5 Å². The smallest absolute Gasteiger partial charge is 0.408 e. The SMILES string of the molecule is CC(C)CC(C=O)NC(=O)OCc1ccccc1.O=CN1CCCc2ccccc21. The van der Waals surface area contributed by atoms with Gasteiger partial charge in [0.2, 0.25) is 6.41 Å². The number of nitrogens with zero attached hydrogens (tertiary/aromatic N) is 1. The first kappa shape index (κ1) is 23.1. The number of carbonyl (C=O) groups is 3. The molecule has 30 heavy (non-hydrogen) atoms. The van der Waals surface area contributed by atoms with E-state index in [1.54, 1.807) is 4.90 Å². The zero-order valence-electron chi connectivity index (χ0n) is 17.6. The molecule has 0 spiro atoms. The fourth-order valence-electron chi connectivity index (χ4n) is 3.24. The Labute approximate surface area is 178 Å². The lowest BCUT2D eigenvalue weighted by atomic mass is 10.0. The monoisotopic (exact) mass is 410 g/mol. The summed E-state index contributed by atoms with van der Waals surface area (Å²) in [5, 5.41) is 2.54. The number of rotatable bonds is 7. The Bertz CT molecular complexity index is 808. The number of hydrogen-bond acceptors (Lipinski definition) is 4. The van der Waals surface area contributed by atoms with Gasteiger partial charge in [-0.3, -0.25) is 4.79 Å². The van der Waals surface area contributed by atoms with Crippen molar-refractivity contribution in [1.82, 2.24) is 5.32 Å². The van der Waals surface area contributed by atoms with Gasteiger partial charge in [-0.2, -0.15) is 0 Å². The van der Waals surface area contributed by atoms with Crippen molar-refractivity contribution in [2.45, 2.75) is 45.8 Å². The zero-order chi connectivity index (χ0) is 21.8. The van der Waals surface area contributed by atoms with Crippen LogP contribution in [0.3, 0.4) is 0 Å². The molecule has 2 aromatic rings. The summed E-state index contributed by atoms with van der Waals surface area (Å²) in [6.45, 7) is 5.06. The Kier molecular flexibility index (Phi) is 9.58. The van der Waals surface area contributed by atoms with Crippen LogP contribution in [0.5, 0.6) is 0 Å². The molecule has 6 nitrogen and oxygen atoms in total. The lowest BCUT2D eigenvalue weighted by Crippen LogP contribution is -2.37. The molecule has 1 unspecified atom stereocenters. The largest absolute Gasteiger partial charge is 0.445 e. The Hall–Kier alpha value is -3.15. The highest BCUT2D eigenvalue weighted by atomic mass is 16.5. The van der Waals surface area contributed by atoms with E-state index in [2.05, 4.69) is 11.4 Å². The van der Waals surface area contributed by atoms with Crippen LogP contribution in [0.2, 0.25) is 0 Å². The quantitative estimate of drug-likeness (QED) is 0.697. The number of fused-ring (bicyclic) bond motifs is 1. The van der Waals surface area contributed by atoms with Gasteiger partial charge >= 0.3 is 6.09 Å². The normalized spacial score (nSPS) is 13.4. The first-order chi connectivity index (χ1) is 14.5. The number of ether oxygens (including phenoxy) is 1. The van der Waals surface area contributed by atoms with E-state index in [9.17, 15) is 14.4 Å². The minimum Gasteiger partial charge on any atom is -0.445 e. The Morgan fingerprint density at radius 1 is 1.10 bits per heavy atom. The fraction of sp³-hybridized carbons (Fsp3) is 0.375. The summed E-state index contributed by atoms with van der Waals surface area (Å²) in [4.78, 5) is 34.7. The van der Waals surface area contributed by atoms with E-state index < -0.39 is 12.1 Å². The molecule has 0 bridgehead atoms. The molecule has 160 valence electrons. The van der Waals surface area contributed by atoms with E-state index in [1.165, 1.54) is 5.56 Å². The summed E-state index contributed by atoms with van der Waals surface area (Å²) >= 11 is 0. The standard InChI is InChI=1S/C14H19NO3.C10H11NO/c1-11(2)8-13(9-16)15-14(17)18-10-12-6-4-3-5-7-12;12-8-11-7-3-5-9-4-1-2-6-10(9)11/h3-7,9,11,13H,8,10H2,1-2H3,(H,15,17);1-2,4,6,8H,3,5,7H2. The van der Waals surface area contributed by atoms with Gasteiger partial charge in [0.25, 0.3) is 0 Å². The van der Waals surface area contributed by atoms with Crippen LogP contribution in [0.1, 0.15) is 37.8 Å². The Morgan fingerprint density at radius 2 is 1.80 bits per heavy atom. The second-order valence-electron chi connectivity index (χ2n) is 7.61. The molecule has 0 fully saturated rings. The van der Waals surface area contributed by atoms with E-state index >= 15 is 0 Å². The van der Waals surface area contributed by atoms with Crippen LogP contribution in [0, 0.1) is 5.92 Å². The molecule has 0 saturated carbocycles. The van der Waals surface area contributed by atoms with Crippen molar-refractivity contribution in [2.75, 3.05) is 11.4 Å². The number of anilines is 1. The third-order valence-electron chi connectivity index (χ3n) is 4.68. The van der Waals surface area contributed by atoms with Crippen molar-refractivity contribution >= 4 is 24.5 Å². The summed E-state index contributed by atoms with van der Waals surface area (Å²) < 4.78 is 5.03. The van der Waals surface area contributed by atoms with E-state index in [4.69, 9.17) is 4.74 Å². The summed E-state index contributed by atoms with van der Waals surface area (Å²) in [6.07, 6.45) is 3.89. The first-order valence-corrected chi connectivity index (χ1v) is 10.3. The number of benzene rings is 2. The summed E-state index contributed by atoms with van der Waals surface area (Å²) in [6, 6.07) is 17.0. The highest BCUT2D eigenvalue weighted by Gasteiger charge is 2.15. The number of alkyl carbamates (subject to hydrolysis) is 1. The molecule has 1 aliphatic heterocycles. The van der Waals surface area contributed by atoms with Gasteiger partial charge in [0.15, 0.2) is 0 Å². The molecular weight excluding hydrogens is 380 g/mol. The van der Waals surface area contributed by atoms with Crippen molar-refractivity contribution in [2.24, 2.45) is 5.92 Å². The van der Waals surface area contributed by atoms with E-state index in [0.29, 0.717) is 12.3 Å². The molecule has 0 aromatic heterocycles. The molecule has 6 heteroatoms. The molecule has 1 N–H and O–H groups in total. The van der Waals surface area contributed by atoms with Crippen LogP contribution < -0.4 is 10.2 Å². The molecule has 1 heterocycles. The van der Waals surface area contributed by atoms with Gasteiger partial charge in [0.1, 0.15) is 12.9 Å². The number of para-hydroxylation sites is 1. The molecule has 0 radical (unpaired) electrons. The minimum absolute atomic E-state index is 0.208. The Balaban J connectivity index is 0.000000230. The lowest BCUT2D eigenvalue weighted by molar-refractivity contribution is -0.110. The topological polar surface area (TPSA) is 75.7 Å². The average Bonchev–Trinajstić information content (AvgIpc) is 2.77. The maximum absolute atomic E-state index is 11.5. The van der Waals surface area contributed by atoms with Crippen molar-refractivity contribution in [3.05, 3.63) is 65.7 Å². The van der Waals surface area contributed by atoms with E-state index in [-0.39, 0.29) is 6.61 Å². The third-order valence-corrected chi connectivity index (χ3v) is 4.68. The summed E-state index contributed by atoms with van der Waals surface area (Å²) in [5.41, 5.74) is 3.29. The average molecular weight is 411 g/mol. The second-order valence-corrected chi connectivity index (χ2v) is 7.61. The fourth-order valence-corrected chi connectivity index (χ4v) is 3.24. The van der Waals surface area contributed by atoms with Crippen molar-refractivity contribution in [3.8, 4) is 0 Å². The number of hydrogen-bond donors (Lipinski definition) is 1. The molecule has 1 aliphatic rings. The number of aldehydes is 1. The number of aryl methyl sites for hydroxylation is 1. The van der Waals surface area contributed by atoms with Crippen molar-refractivity contribution in [1.29, 1.82) is 0 Å². The van der Waals surface area contributed by atoms with Crippen LogP contribution in [0.25, 0.3) is 0 Å². The summed E-state index contributed by atoms with van der Waals surface area (Å²) in [5.74, 6) is 0.342. The van der Waals surface area contributed by atoms with Gasteiger partial charge in [0.05, 0.1) is 6.04 Å². The van der Waals surface area contributed by atoms with Crippen molar-refractivity contribution in [3.63, 3.8) is 0 Å². The maximum atomic E-state index is 11.5. The molecule has 3 rings (SSSR count). The minimum atomic E-state index is -0.559. The van der Waals surface area contributed by atoms with Gasteiger partial charge in [-0.15, -0.1) is 0 Å². The third kappa shape index (κ3) is 7.70. The van der Waals surface area contributed by atoms with Crippen LogP contribution >= 0.6 is 0 Å². The number of carbonyl (C=O) groups excluding carboxylic acids is 3. The molecule has 0 saturated heterocycles. The molecule has 2 aromatic carbocycles. The van der Waals surface area contributed by atoms with Crippen LogP contribution in [0.15, 0.2) is 54.6 Å². The highest BCUT2D eigenvalue weighted by Crippen LogP contribution is 2.24.